The minimum Gasteiger partial charge on any atom is -0.495 e. The molecule has 0 atom stereocenters. The number of anilines is 1. The number of benzene rings is 1. The highest BCUT2D eigenvalue weighted by molar-refractivity contribution is 7.15. The third-order valence-electron chi connectivity index (χ3n) is 5.76. The van der Waals surface area contributed by atoms with Crippen LogP contribution in [0.5, 0.6) is 5.75 Å². The maximum absolute atomic E-state index is 12.2. The van der Waals surface area contributed by atoms with Crippen molar-refractivity contribution in [3.63, 3.8) is 0 Å². The molecule has 4 rings (SSSR count). The molecule has 2 heterocycles. The number of aryl methyl sites for hydroxylation is 2. The van der Waals surface area contributed by atoms with Gasteiger partial charge in [-0.25, -0.2) is 15.0 Å². The Bertz CT molecular complexity index is 1240. The number of hydrazone groups is 1. The molecule has 2 aromatic heterocycles. The Morgan fingerprint density at radius 1 is 1.21 bits per heavy atom. The van der Waals surface area contributed by atoms with Gasteiger partial charge in [0.2, 0.25) is 0 Å². The summed E-state index contributed by atoms with van der Waals surface area (Å²) in [5.74, 6) is -0.338. The number of methoxy groups -OCH3 is 1. The lowest BCUT2D eigenvalue weighted by Gasteiger charge is -2.11. The van der Waals surface area contributed by atoms with E-state index in [-0.39, 0.29) is 0 Å². The van der Waals surface area contributed by atoms with E-state index in [1.807, 2.05) is 30.5 Å². The number of hydrogen-bond acceptors (Lipinski definition) is 5. The van der Waals surface area contributed by atoms with E-state index in [2.05, 4.69) is 15.8 Å². The van der Waals surface area contributed by atoms with E-state index in [9.17, 15) is 14.7 Å². The summed E-state index contributed by atoms with van der Waals surface area (Å²) in [6.07, 6.45) is 5.42. The molecule has 0 fully saturated rings. The number of ether oxygens (including phenoxy) is 1. The van der Waals surface area contributed by atoms with Crippen LogP contribution in [0.25, 0.3) is 5.00 Å². The number of para-hydroxylation sites is 2. The van der Waals surface area contributed by atoms with Crippen molar-refractivity contribution in [2.75, 3.05) is 12.4 Å². The molecule has 1 aliphatic carbocycles. The Morgan fingerprint density at radius 3 is 2.73 bits per heavy atom. The van der Waals surface area contributed by atoms with Crippen LogP contribution < -0.4 is 15.5 Å². The smallest absolute Gasteiger partial charge is 0.339 e. The van der Waals surface area contributed by atoms with Crippen molar-refractivity contribution in [2.45, 2.75) is 39.5 Å². The van der Waals surface area contributed by atoms with Crippen LogP contribution in [0.1, 0.15) is 50.6 Å². The van der Waals surface area contributed by atoms with Crippen molar-refractivity contribution < 1.29 is 19.4 Å². The van der Waals surface area contributed by atoms with E-state index >= 15 is 0 Å². The summed E-state index contributed by atoms with van der Waals surface area (Å²) in [7, 11) is 1.53. The van der Waals surface area contributed by atoms with E-state index in [1.54, 1.807) is 35.8 Å². The van der Waals surface area contributed by atoms with Crippen molar-refractivity contribution in [2.24, 2.45) is 5.10 Å². The highest BCUT2D eigenvalue weighted by Crippen LogP contribution is 2.38. The average molecular weight is 467 g/mol. The van der Waals surface area contributed by atoms with Gasteiger partial charge in [0, 0.05) is 21.8 Å². The number of amides is 2. The van der Waals surface area contributed by atoms with Crippen LogP contribution in [0.2, 0.25) is 0 Å². The van der Waals surface area contributed by atoms with Gasteiger partial charge in [-0.1, -0.05) is 12.1 Å². The van der Waals surface area contributed by atoms with Gasteiger partial charge in [-0.2, -0.15) is 5.10 Å². The first kappa shape index (κ1) is 22.6. The van der Waals surface area contributed by atoms with Gasteiger partial charge < -0.3 is 19.7 Å². The number of urea groups is 1. The van der Waals surface area contributed by atoms with Crippen LogP contribution >= 0.6 is 11.3 Å². The van der Waals surface area contributed by atoms with E-state index in [1.165, 1.54) is 12.0 Å². The fraction of sp³-hybridized carbons (Fsp3) is 0.292. The first-order valence-corrected chi connectivity index (χ1v) is 11.5. The second kappa shape index (κ2) is 9.50. The summed E-state index contributed by atoms with van der Waals surface area (Å²) in [5.41, 5.74) is 6.96. The van der Waals surface area contributed by atoms with Gasteiger partial charge in [0.05, 0.1) is 24.6 Å². The molecule has 0 saturated heterocycles. The number of rotatable bonds is 6. The van der Waals surface area contributed by atoms with Crippen LogP contribution in [-0.4, -0.2) is 35.0 Å². The van der Waals surface area contributed by atoms with E-state index < -0.39 is 12.0 Å². The number of nitrogens with one attached hydrogen (secondary N) is 2. The van der Waals surface area contributed by atoms with Gasteiger partial charge in [-0.15, -0.1) is 11.3 Å². The normalized spacial score (nSPS) is 13.1. The standard InChI is InChI=1S/C24H26N4O4S/c1-14-12-16(13-25-27-24(31)26-18-9-5-6-10-19(18)32-3)15(2)28(14)22-21(23(29)30)17-8-4-7-11-20(17)33-22/h5-6,9-10,12-13H,4,7-8,11H2,1-3H3,(H,29,30)(H2,26,27,31)/b25-13+. The molecule has 0 spiro atoms. The molecule has 1 aromatic carbocycles. The summed E-state index contributed by atoms with van der Waals surface area (Å²) in [4.78, 5) is 25.5. The monoisotopic (exact) mass is 466 g/mol. The number of aromatic carboxylic acids is 1. The van der Waals surface area contributed by atoms with Gasteiger partial charge in [0.1, 0.15) is 10.8 Å². The van der Waals surface area contributed by atoms with Gasteiger partial charge >= 0.3 is 12.0 Å². The Balaban J connectivity index is 1.55. The summed E-state index contributed by atoms with van der Waals surface area (Å²) >= 11 is 1.56. The molecule has 3 aromatic rings. The number of thiophene rings is 1. The number of carbonyl (C=O) groups is 2. The zero-order chi connectivity index (χ0) is 23.5. The number of nitrogens with zero attached hydrogens (tertiary/aromatic N) is 2. The SMILES string of the molecule is COc1ccccc1NC(=O)N/N=C/c1cc(C)n(-c2sc3c(c2C(=O)O)CCCC3)c1C. The molecule has 9 heteroatoms. The Labute approximate surface area is 195 Å². The Morgan fingerprint density at radius 2 is 1.97 bits per heavy atom. The molecule has 2 amide bonds. The fourth-order valence-electron chi connectivity index (χ4n) is 4.22. The fourth-order valence-corrected chi connectivity index (χ4v) is 5.71. The third-order valence-corrected chi connectivity index (χ3v) is 7.04. The van der Waals surface area contributed by atoms with Crippen molar-refractivity contribution in [3.8, 4) is 10.8 Å². The minimum atomic E-state index is -0.887. The quantitative estimate of drug-likeness (QED) is 0.355. The number of carboxylic acids is 1. The number of hydrogen-bond donors (Lipinski definition) is 3. The lowest BCUT2D eigenvalue weighted by Crippen LogP contribution is -2.24. The Hall–Kier alpha value is -3.59. The molecule has 1 aliphatic rings. The molecule has 0 aliphatic heterocycles. The largest absolute Gasteiger partial charge is 0.495 e. The van der Waals surface area contributed by atoms with Crippen molar-refractivity contribution in [1.82, 2.24) is 9.99 Å². The highest BCUT2D eigenvalue weighted by atomic mass is 32.1. The van der Waals surface area contributed by atoms with Crippen LogP contribution in [0, 0.1) is 13.8 Å². The molecule has 8 nitrogen and oxygen atoms in total. The lowest BCUT2D eigenvalue weighted by atomic mass is 9.95. The first-order valence-electron chi connectivity index (χ1n) is 10.7. The van der Waals surface area contributed by atoms with E-state index in [4.69, 9.17) is 4.74 Å². The van der Waals surface area contributed by atoms with Crippen molar-refractivity contribution >= 4 is 35.2 Å². The molecule has 0 radical (unpaired) electrons. The molecular formula is C24H26N4O4S. The minimum absolute atomic E-state index is 0.411. The Kier molecular flexibility index (Phi) is 6.50. The topological polar surface area (TPSA) is 105 Å². The zero-order valence-electron chi connectivity index (χ0n) is 18.8. The van der Waals surface area contributed by atoms with Gasteiger partial charge in [-0.3, -0.25) is 0 Å². The lowest BCUT2D eigenvalue weighted by molar-refractivity contribution is 0.0696. The molecule has 0 unspecified atom stereocenters. The molecule has 33 heavy (non-hydrogen) atoms. The summed E-state index contributed by atoms with van der Waals surface area (Å²) < 4.78 is 7.20. The second-order valence-corrected chi connectivity index (χ2v) is 8.97. The van der Waals surface area contributed by atoms with Crippen LogP contribution in [0.15, 0.2) is 35.4 Å². The van der Waals surface area contributed by atoms with Gasteiger partial charge in [0.15, 0.2) is 0 Å². The van der Waals surface area contributed by atoms with Gasteiger partial charge in [0.25, 0.3) is 0 Å². The maximum atomic E-state index is 12.2. The number of fused-ring (bicyclic) bond motifs is 1. The number of aromatic nitrogens is 1. The molecular weight excluding hydrogens is 440 g/mol. The number of carbonyl (C=O) groups excluding carboxylic acids is 1. The summed E-state index contributed by atoms with van der Waals surface area (Å²) in [6.45, 7) is 3.87. The molecule has 0 bridgehead atoms. The van der Waals surface area contributed by atoms with Crippen molar-refractivity contribution in [3.05, 3.63) is 63.3 Å². The number of carboxylic acid groups (broad SMARTS) is 1. The van der Waals surface area contributed by atoms with Crippen LogP contribution in [-0.2, 0) is 12.8 Å². The summed E-state index contributed by atoms with van der Waals surface area (Å²) in [6, 6.07) is 8.53. The van der Waals surface area contributed by atoms with Crippen LogP contribution in [0.3, 0.4) is 0 Å². The average Bonchev–Trinajstić information content (AvgIpc) is 3.30. The first-order chi connectivity index (χ1) is 15.9. The van der Waals surface area contributed by atoms with Crippen molar-refractivity contribution in [1.29, 1.82) is 0 Å². The predicted octanol–water partition coefficient (Wildman–Crippen LogP) is 4.90. The predicted molar refractivity (Wildman–Crippen MR) is 129 cm³/mol. The van der Waals surface area contributed by atoms with Crippen LogP contribution in [0.4, 0.5) is 10.5 Å². The molecule has 0 saturated carbocycles. The molecule has 172 valence electrons. The zero-order valence-corrected chi connectivity index (χ0v) is 19.6. The maximum Gasteiger partial charge on any atom is 0.339 e. The highest BCUT2D eigenvalue weighted by Gasteiger charge is 2.27. The van der Waals surface area contributed by atoms with Gasteiger partial charge in [-0.05, 0) is 63.3 Å². The third kappa shape index (κ3) is 4.49. The second-order valence-electron chi connectivity index (χ2n) is 7.88. The molecule has 3 N–H and O–H groups in total. The van der Waals surface area contributed by atoms with E-state index in [0.29, 0.717) is 17.0 Å². The van der Waals surface area contributed by atoms with E-state index in [0.717, 1.165) is 53.2 Å². The summed E-state index contributed by atoms with van der Waals surface area (Å²) in [5, 5.41) is 17.4.